The second-order valence-corrected chi connectivity index (χ2v) is 8.70. The second kappa shape index (κ2) is 4.83. The molecule has 3 rings (SSSR count). The highest BCUT2D eigenvalue weighted by atomic mass is 32.2. The zero-order valence-corrected chi connectivity index (χ0v) is 13.3. The van der Waals surface area contributed by atoms with Gasteiger partial charge in [0.25, 0.3) is 0 Å². The van der Waals surface area contributed by atoms with E-state index in [1.807, 2.05) is 26.0 Å². The van der Waals surface area contributed by atoms with Crippen LogP contribution in [-0.2, 0) is 14.6 Å². The summed E-state index contributed by atoms with van der Waals surface area (Å²) in [5.74, 6) is -0.0372. The van der Waals surface area contributed by atoms with Crippen molar-refractivity contribution in [2.75, 3.05) is 13.1 Å². The molecule has 1 aromatic rings. The highest BCUT2D eigenvalue weighted by Gasteiger charge is 2.55. The predicted octanol–water partition coefficient (Wildman–Crippen LogP) is 2.17. The molecule has 1 amide bonds. The fourth-order valence-corrected chi connectivity index (χ4v) is 5.99. The lowest BCUT2D eigenvalue weighted by atomic mass is 9.80. The maximum absolute atomic E-state index is 13.2. The second-order valence-electron chi connectivity index (χ2n) is 6.41. The van der Waals surface area contributed by atoms with Crippen molar-refractivity contribution in [1.82, 2.24) is 4.90 Å². The van der Waals surface area contributed by atoms with Gasteiger partial charge in [-0.3, -0.25) is 4.79 Å². The third-order valence-electron chi connectivity index (χ3n) is 5.08. The lowest BCUT2D eigenvalue weighted by Gasteiger charge is -2.49. The molecule has 2 aliphatic heterocycles. The monoisotopic (exact) mass is 307 g/mol. The number of rotatable bonds is 2. The first-order chi connectivity index (χ1) is 9.87. The molecule has 2 heterocycles. The van der Waals surface area contributed by atoms with Crippen molar-refractivity contribution < 1.29 is 13.2 Å². The number of amides is 1. The molecule has 5 heteroatoms. The Morgan fingerprint density at radius 1 is 1.24 bits per heavy atom. The molecule has 2 saturated heterocycles. The summed E-state index contributed by atoms with van der Waals surface area (Å²) in [5, 5.41) is 0. The zero-order chi connectivity index (χ0) is 15.3. The Balaban J connectivity index is 2.07. The summed E-state index contributed by atoms with van der Waals surface area (Å²) in [4.78, 5) is 14.1. The number of sulfone groups is 1. The summed E-state index contributed by atoms with van der Waals surface area (Å²) in [7, 11) is -3.44. The van der Waals surface area contributed by atoms with Gasteiger partial charge < -0.3 is 4.90 Å². The van der Waals surface area contributed by atoms with Gasteiger partial charge in [-0.1, -0.05) is 24.6 Å². The molecular formula is C16H21NO3S. The van der Waals surface area contributed by atoms with Crippen LogP contribution in [-0.4, -0.2) is 37.1 Å². The Morgan fingerprint density at radius 3 is 2.57 bits per heavy atom. The lowest BCUT2D eigenvalue weighted by Crippen LogP contribution is -2.62. The first kappa shape index (κ1) is 14.6. The van der Waals surface area contributed by atoms with Crippen molar-refractivity contribution in [3.8, 4) is 0 Å². The largest absolute Gasteiger partial charge is 0.341 e. The normalized spacial score (nSPS) is 29.5. The highest BCUT2D eigenvalue weighted by molar-refractivity contribution is 7.93. The van der Waals surface area contributed by atoms with Crippen LogP contribution in [0.15, 0.2) is 29.2 Å². The standard InChI is InChI=1S/C16H21NO3S/c1-12-4-6-14(7-5-12)21(19,20)16-8-3-9-17(11-16)15(18)10-13(16)2/h4-7,13H,3,8-11H2,1-2H3/t13-,16-/m0/s1. The Labute approximate surface area is 126 Å². The number of carbonyl (C=O) groups excluding carboxylic acids is 1. The molecule has 2 aliphatic rings. The number of piperidine rings is 2. The van der Waals surface area contributed by atoms with Crippen LogP contribution in [0.1, 0.15) is 31.7 Å². The molecule has 1 aromatic carbocycles. The number of hydrogen-bond acceptors (Lipinski definition) is 3. The van der Waals surface area contributed by atoms with Gasteiger partial charge in [0.15, 0.2) is 9.84 Å². The van der Waals surface area contributed by atoms with E-state index >= 15 is 0 Å². The van der Waals surface area contributed by atoms with Gasteiger partial charge in [0.05, 0.1) is 9.64 Å². The minimum atomic E-state index is -3.44. The highest BCUT2D eigenvalue weighted by Crippen LogP contribution is 2.44. The molecule has 0 radical (unpaired) electrons. The predicted molar refractivity (Wildman–Crippen MR) is 80.7 cm³/mol. The topological polar surface area (TPSA) is 54.5 Å². The van der Waals surface area contributed by atoms with Gasteiger partial charge in [-0.25, -0.2) is 8.42 Å². The van der Waals surface area contributed by atoms with Crippen LogP contribution in [0.2, 0.25) is 0 Å². The van der Waals surface area contributed by atoms with E-state index in [2.05, 4.69) is 0 Å². The fraction of sp³-hybridized carbons (Fsp3) is 0.562. The van der Waals surface area contributed by atoms with Crippen molar-refractivity contribution in [2.24, 2.45) is 5.92 Å². The molecule has 2 fully saturated rings. The van der Waals surface area contributed by atoms with Crippen molar-refractivity contribution in [1.29, 1.82) is 0 Å². The van der Waals surface area contributed by atoms with Gasteiger partial charge in [-0.05, 0) is 37.8 Å². The van der Waals surface area contributed by atoms with Gasteiger partial charge in [-0.2, -0.15) is 0 Å². The molecule has 0 spiro atoms. The average Bonchev–Trinajstić information content (AvgIpc) is 2.46. The maximum Gasteiger partial charge on any atom is 0.222 e. The van der Waals surface area contributed by atoms with Gasteiger partial charge in [-0.15, -0.1) is 0 Å². The number of hydrogen-bond donors (Lipinski definition) is 0. The molecule has 0 aromatic heterocycles. The first-order valence-corrected chi connectivity index (χ1v) is 8.94. The third kappa shape index (κ3) is 2.09. The SMILES string of the molecule is Cc1ccc(S(=O)(=O)[C@@]23CCCN(C2)C(=O)C[C@@H]3C)cc1. The minimum Gasteiger partial charge on any atom is -0.341 e. The molecule has 0 aliphatic carbocycles. The van der Waals surface area contributed by atoms with E-state index in [1.54, 1.807) is 17.0 Å². The lowest BCUT2D eigenvalue weighted by molar-refractivity contribution is -0.138. The smallest absolute Gasteiger partial charge is 0.222 e. The number of benzene rings is 1. The van der Waals surface area contributed by atoms with Crippen molar-refractivity contribution in [3.63, 3.8) is 0 Å². The summed E-state index contributed by atoms with van der Waals surface area (Å²) < 4.78 is 25.6. The summed E-state index contributed by atoms with van der Waals surface area (Å²) in [6, 6.07) is 7.06. The number of fused-ring (bicyclic) bond motifs is 2. The summed E-state index contributed by atoms with van der Waals surface area (Å²) in [6.45, 7) is 4.89. The van der Waals surface area contributed by atoms with Crippen molar-refractivity contribution in [2.45, 2.75) is 42.8 Å². The Kier molecular flexibility index (Phi) is 3.35. The third-order valence-corrected chi connectivity index (χ3v) is 7.78. The van der Waals surface area contributed by atoms with E-state index in [1.165, 1.54) is 0 Å². The molecule has 0 saturated carbocycles. The maximum atomic E-state index is 13.2. The van der Waals surface area contributed by atoms with E-state index in [9.17, 15) is 13.2 Å². The van der Waals surface area contributed by atoms with Crippen LogP contribution in [0.4, 0.5) is 0 Å². The first-order valence-electron chi connectivity index (χ1n) is 7.46. The summed E-state index contributed by atoms with van der Waals surface area (Å²) in [6.07, 6.45) is 1.75. The van der Waals surface area contributed by atoms with Crippen molar-refractivity contribution in [3.05, 3.63) is 29.8 Å². The average molecular weight is 307 g/mol. The van der Waals surface area contributed by atoms with Crippen LogP contribution >= 0.6 is 0 Å². The van der Waals surface area contributed by atoms with Crippen molar-refractivity contribution >= 4 is 15.7 Å². The van der Waals surface area contributed by atoms with Gasteiger partial charge in [0.1, 0.15) is 0 Å². The molecule has 0 N–H and O–H groups in total. The van der Waals surface area contributed by atoms with Crippen LogP contribution in [0, 0.1) is 12.8 Å². The van der Waals surface area contributed by atoms with E-state index in [4.69, 9.17) is 0 Å². The van der Waals surface area contributed by atoms with E-state index in [-0.39, 0.29) is 11.8 Å². The van der Waals surface area contributed by atoms with Gasteiger partial charge >= 0.3 is 0 Å². The fourth-order valence-electron chi connectivity index (χ4n) is 3.68. The minimum absolute atomic E-state index is 0.0944. The molecule has 114 valence electrons. The van der Waals surface area contributed by atoms with Crippen LogP contribution < -0.4 is 0 Å². The quantitative estimate of drug-likeness (QED) is 0.841. The van der Waals surface area contributed by atoms with Crippen LogP contribution in [0.5, 0.6) is 0 Å². The van der Waals surface area contributed by atoms with Gasteiger partial charge in [0.2, 0.25) is 5.91 Å². The summed E-state index contributed by atoms with van der Waals surface area (Å²) in [5.41, 5.74) is 1.04. The van der Waals surface area contributed by atoms with Gasteiger partial charge in [0, 0.05) is 19.5 Å². The Hall–Kier alpha value is -1.36. The molecule has 21 heavy (non-hydrogen) atoms. The van der Waals surface area contributed by atoms with E-state index < -0.39 is 14.6 Å². The van der Waals surface area contributed by atoms with Crippen LogP contribution in [0.3, 0.4) is 0 Å². The number of aryl methyl sites for hydroxylation is 1. The zero-order valence-electron chi connectivity index (χ0n) is 12.5. The summed E-state index contributed by atoms with van der Waals surface area (Å²) >= 11 is 0. The Morgan fingerprint density at radius 2 is 1.90 bits per heavy atom. The molecule has 2 atom stereocenters. The molecular weight excluding hydrogens is 286 g/mol. The van der Waals surface area contributed by atoms with E-state index in [0.717, 1.165) is 12.0 Å². The number of carbonyl (C=O) groups is 1. The van der Waals surface area contributed by atoms with Crippen LogP contribution in [0.25, 0.3) is 0 Å². The Bertz CT molecular complexity index is 665. The molecule has 2 bridgehead atoms. The molecule has 4 nitrogen and oxygen atoms in total. The number of nitrogens with zero attached hydrogens (tertiary/aromatic N) is 1. The molecule has 0 unspecified atom stereocenters. The van der Waals surface area contributed by atoms with E-state index in [0.29, 0.717) is 30.8 Å².